The van der Waals surface area contributed by atoms with Crippen molar-refractivity contribution in [3.8, 4) is 0 Å². The fourth-order valence-corrected chi connectivity index (χ4v) is 4.57. The van der Waals surface area contributed by atoms with Gasteiger partial charge in [-0.2, -0.15) is 0 Å². The van der Waals surface area contributed by atoms with Crippen molar-refractivity contribution in [2.24, 2.45) is 0 Å². The van der Waals surface area contributed by atoms with Crippen LogP contribution in [0.2, 0.25) is 0 Å². The first kappa shape index (κ1) is 19.4. The molecule has 0 heterocycles. The topological polar surface area (TPSA) is 66.5 Å². The first-order valence-electron chi connectivity index (χ1n) is 9.48. The van der Waals surface area contributed by atoms with Crippen molar-refractivity contribution in [3.05, 3.63) is 59.2 Å². The monoisotopic (exact) mass is 386 g/mol. The van der Waals surface area contributed by atoms with Crippen LogP contribution in [-0.4, -0.2) is 32.3 Å². The maximum absolute atomic E-state index is 12.7. The van der Waals surface area contributed by atoms with Crippen LogP contribution in [0.1, 0.15) is 48.2 Å². The lowest BCUT2D eigenvalue weighted by atomic mass is 9.92. The molecule has 0 saturated heterocycles. The van der Waals surface area contributed by atoms with E-state index in [2.05, 4.69) is 4.72 Å². The summed E-state index contributed by atoms with van der Waals surface area (Å²) in [6.07, 6.45) is 4.22. The number of sulfonamides is 1. The minimum Gasteiger partial charge on any atom is -0.339 e. The molecule has 27 heavy (non-hydrogen) atoms. The van der Waals surface area contributed by atoms with E-state index < -0.39 is 10.0 Å². The number of carbonyl (C=O) groups excluding carboxylic acids is 1. The first-order chi connectivity index (χ1) is 12.9. The van der Waals surface area contributed by atoms with Gasteiger partial charge in [0.25, 0.3) is 15.9 Å². The van der Waals surface area contributed by atoms with E-state index >= 15 is 0 Å². The number of nitrogens with zero attached hydrogens (tertiary/aromatic N) is 1. The maximum atomic E-state index is 12.7. The molecular formula is C21H26N2O3S. The summed E-state index contributed by atoms with van der Waals surface area (Å²) in [6.45, 7) is 5.15. The molecule has 0 aromatic heterocycles. The van der Waals surface area contributed by atoms with Crippen molar-refractivity contribution in [1.82, 2.24) is 4.90 Å². The summed E-state index contributed by atoms with van der Waals surface area (Å²) in [6, 6.07) is 12.0. The van der Waals surface area contributed by atoms with Crippen LogP contribution in [-0.2, 0) is 22.9 Å². The lowest BCUT2D eigenvalue weighted by molar-refractivity contribution is 0.0773. The van der Waals surface area contributed by atoms with Crippen LogP contribution in [0, 0.1) is 0 Å². The van der Waals surface area contributed by atoms with Crippen LogP contribution in [0.3, 0.4) is 0 Å². The van der Waals surface area contributed by atoms with Gasteiger partial charge in [-0.3, -0.25) is 9.52 Å². The molecule has 1 aliphatic rings. The molecule has 0 radical (unpaired) electrons. The summed E-state index contributed by atoms with van der Waals surface area (Å²) >= 11 is 0. The van der Waals surface area contributed by atoms with Crippen LogP contribution in [0.25, 0.3) is 0 Å². The van der Waals surface area contributed by atoms with Gasteiger partial charge in [0.2, 0.25) is 0 Å². The third-order valence-electron chi connectivity index (χ3n) is 5.06. The van der Waals surface area contributed by atoms with Crippen LogP contribution >= 0.6 is 0 Å². The molecule has 0 saturated carbocycles. The molecule has 1 aliphatic carbocycles. The van der Waals surface area contributed by atoms with E-state index in [1.807, 2.05) is 19.9 Å². The van der Waals surface area contributed by atoms with Crippen molar-refractivity contribution in [2.75, 3.05) is 17.8 Å². The second-order valence-corrected chi connectivity index (χ2v) is 8.48. The number of rotatable bonds is 6. The van der Waals surface area contributed by atoms with Crippen LogP contribution in [0.4, 0.5) is 5.69 Å². The highest BCUT2D eigenvalue weighted by Gasteiger charge is 2.18. The quantitative estimate of drug-likeness (QED) is 0.820. The van der Waals surface area contributed by atoms with Crippen LogP contribution < -0.4 is 4.72 Å². The van der Waals surface area contributed by atoms with E-state index in [0.717, 1.165) is 31.2 Å². The number of anilines is 1. The van der Waals surface area contributed by atoms with E-state index in [1.54, 1.807) is 41.3 Å². The molecule has 0 unspecified atom stereocenters. The zero-order valence-corrected chi connectivity index (χ0v) is 16.7. The Morgan fingerprint density at radius 3 is 2.22 bits per heavy atom. The van der Waals surface area contributed by atoms with E-state index in [1.165, 1.54) is 5.56 Å². The minimum absolute atomic E-state index is 0.0518. The number of hydrogen-bond acceptors (Lipinski definition) is 3. The molecule has 6 heteroatoms. The molecule has 0 bridgehead atoms. The number of hydrogen-bond donors (Lipinski definition) is 1. The molecule has 1 amide bonds. The van der Waals surface area contributed by atoms with Gasteiger partial charge in [-0.25, -0.2) is 8.42 Å². The van der Waals surface area contributed by atoms with E-state index in [0.29, 0.717) is 24.3 Å². The standard InChI is InChI=1S/C21H26N2O3S/c1-3-23(4-2)21(24)17-9-12-19(13-10-17)22-27(25,26)20-14-11-16-7-5-6-8-18(16)15-20/h9-15,22H,3-8H2,1-2H3. The highest BCUT2D eigenvalue weighted by Crippen LogP contribution is 2.25. The van der Waals surface area contributed by atoms with Crippen LogP contribution in [0.15, 0.2) is 47.4 Å². The molecule has 0 aliphatic heterocycles. The van der Waals surface area contributed by atoms with Gasteiger partial charge in [0.05, 0.1) is 4.90 Å². The molecule has 2 aromatic carbocycles. The average molecular weight is 387 g/mol. The maximum Gasteiger partial charge on any atom is 0.261 e. The van der Waals surface area contributed by atoms with E-state index in [4.69, 9.17) is 0 Å². The summed E-state index contributed by atoms with van der Waals surface area (Å²) in [5, 5.41) is 0. The SMILES string of the molecule is CCN(CC)C(=O)c1ccc(NS(=O)(=O)c2ccc3c(c2)CCCC3)cc1. The fraction of sp³-hybridized carbons (Fsp3) is 0.381. The second-order valence-electron chi connectivity index (χ2n) is 6.80. The minimum atomic E-state index is -3.65. The second kappa shape index (κ2) is 8.13. The zero-order valence-electron chi connectivity index (χ0n) is 15.9. The Kier molecular flexibility index (Phi) is 5.85. The number of benzene rings is 2. The number of nitrogens with one attached hydrogen (secondary N) is 1. The summed E-state index contributed by atoms with van der Waals surface area (Å²) in [5.41, 5.74) is 3.38. The Morgan fingerprint density at radius 2 is 1.59 bits per heavy atom. The molecule has 0 spiro atoms. The van der Waals surface area contributed by atoms with Crippen molar-refractivity contribution < 1.29 is 13.2 Å². The van der Waals surface area contributed by atoms with Gasteiger partial charge in [0.1, 0.15) is 0 Å². The molecular weight excluding hydrogens is 360 g/mol. The van der Waals surface area contributed by atoms with Crippen molar-refractivity contribution in [3.63, 3.8) is 0 Å². The predicted molar refractivity (Wildman–Crippen MR) is 108 cm³/mol. The highest BCUT2D eigenvalue weighted by atomic mass is 32.2. The number of aryl methyl sites for hydroxylation is 2. The zero-order chi connectivity index (χ0) is 19.4. The Labute approximate surface area is 161 Å². The van der Waals surface area contributed by atoms with Crippen molar-refractivity contribution in [1.29, 1.82) is 0 Å². The van der Waals surface area contributed by atoms with Gasteiger partial charge in [-0.1, -0.05) is 6.07 Å². The Balaban J connectivity index is 1.77. The molecule has 0 atom stereocenters. The summed E-state index contributed by atoms with van der Waals surface area (Å²) in [7, 11) is -3.65. The highest BCUT2D eigenvalue weighted by molar-refractivity contribution is 7.92. The van der Waals surface area contributed by atoms with Crippen LogP contribution in [0.5, 0.6) is 0 Å². The molecule has 3 rings (SSSR count). The predicted octanol–water partition coefficient (Wildman–Crippen LogP) is 3.85. The van der Waals surface area contributed by atoms with E-state index in [-0.39, 0.29) is 10.8 Å². The molecule has 2 aromatic rings. The van der Waals surface area contributed by atoms with E-state index in [9.17, 15) is 13.2 Å². The fourth-order valence-electron chi connectivity index (χ4n) is 3.47. The first-order valence-corrected chi connectivity index (χ1v) is 11.0. The summed E-state index contributed by atoms with van der Waals surface area (Å²) < 4.78 is 28.1. The lowest BCUT2D eigenvalue weighted by Crippen LogP contribution is -2.30. The van der Waals surface area contributed by atoms with Gasteiger partial charge in [-0.05, 0) is 87.1 Å². The Hall–Kier alpha value is -2.34. The van der Waals surface area contributed by atoms with Gasteiger partial charge in [0.15, 0.2) is 0 Å². The van der Waals surface area contributed by atoms with Crippen molar-refractivity contribution in [2.45, 2.75) is 44.4 Å². The van der Waals surface area contributed by atoms with Gasteiger partial charge in [-0.15, -0.1) is 0 Å². The molecule has 5 nitrogen and oxygen atoms in total. The summed E-state index contributed by atoms with van der Waals surface area (Å²) in [5.74, 6) is -0.0518. The molecule has 0 fully saturated rings. The normalized spacial score (nSPS) is 13.7. The van der Waals surface area contributed by atoms with Gasteiger partial charge in [0, 0.05) is 24.3 Å². The third kappa shape index (κ3) is 4.33. The third-order valence-corrected chi connectivity index (χ3v) is 6.44. The van der Waals surface area contributed by atoms with Gasteiger partial charge < -0.3 is 4.90 Å². The average Bonchev–Trinajstić information content (AvgIpc) is 2.68. The number of fused-ring (bicyclic) bond motifs is 1. The smallest absolute Gasteiger partial charge is 0.261 e. The lowest BCUT2D eigenvalue weighted by Gasteiger charge is -2.19. The molecule has 1 N–H and O–H groups in total. The largest absolute Gasteiger partial charge is 0.339 e. The Bertz CT molecular complexity index is 917. The number of carbonyl (C=O) groups is 1. The Morgan fingerprint density at radius 1 is 0.963 bits per heavy atom. The van der Waals surface area contributed by atoms with Gasteiger partial charge >= 0.3 is 0 Å². The van der Waals surface area contributed by atoms with Crippen molar-refractivity contribution >= 4 is 21.6 Å². The molecule has 144 valence electrons. The number of amides is 1. The summed E-state index contributed by atoms with van der Waals surface area (Å²) in [4.78, 5) is 14.4.